The van der Waals surface area contributed by atoms with Crippen molar-refractivity contribution in [3.8, 4) is 0 Å². The van der Waals surface area contributed by atoms with Crippen molar-refractivity contribution >= 4 is 17.8 Å². The van der Waals surface area contributed by atoms with Crippen molar-refractivity contribution in [2.24, 2.45) is 56.7 Å². The minimum absolute atomic E-state index is 0.0776. The Morgan fingerprint density at radius 3 is 2.31 bits per heavy atom. The molecule has 2 aromatic carbocycles. The van der Waals surface area contributed by atoms with Crippen LogP contribution in [0.25, 0.3) is 0 Å². The van der Waals surface area contributed by atoms with Crippen molar-refractivity contribution in [1.82, 2.24) is 10.6 Å². The van der Waals surface area contributed by atoms with Crippen LogP contribution in [0.1, 0.15) is 138 Å². The monoisotopic (exact) mass is 754 g/mol. The molecule has 0 radical (unpaired) electrons. The lowest BCUT2D eigenvalue weighted by molar-refractivity contribution is -0.246. The Morgan fingerprint density at radius 2 is 1.60 bits per heavy atom. The van der Waals surface area contributed by atoms with E-state index in [0.717, 1.165) is 63.0 Å². The van der Waals surface area contributed by atoms with Crippen LogP contribution in [0.3, 0.4) is 0 Å². The standard InChI is InChI=1S/C47H63FN2O5/c1-28(2)33-15-21-47(42(55)50-27-29-9-8-10-31(25-29)40(52)49-24-18-30-11-12-32(41(53)54)26-35(30)48)23-22-45(6)34(39(33)47)13-14-37-44(5)19-17-38(51)43(3,4)36(44)16-20-46(37,45)7/h8-12,25-26,33-34,36-39,51H,1,13-24,27H2,2-7H3,(H,49,52)(H,50,55)(H,53,54)/t33-,34?,36?,37?,38-,39?,44-,45+,46+,47-/m0/s1. The molecule has 0 aromatic heterocycles. The summed E-state index contributed by atoms with van der Waals surface area (Å²) in [5.41, 5.74) is 2.70. The van der Waals surface area contributed by atoms with E-state index in [4.69, 9.17) is 5.11 Å². The number of hydrogen-bond donors (Lipinski definition) is 4. The van der Waals surface area contributed by atoms with Crippen LogP contribution in [-0.4, -0.2) is 40.6 Å². The average Bonchev–Trinajstić information content (AvgIpc) is 3.55. The van der Waals surface area contributed by atoms with Crippen LogP contribution < -0.4 is 10.6 Å². The molecule has 7 rings (SSSR count). The second kappa shape index (κ2) is 14.1. The average molecular weight is 755 g/mol. The molecule has 0 spiro atoms. The number of carbonyl (C=O) groups excluding carboxylic acids is 2. The van der Waals surface area contributed by atoms with Gasteiger partial charge in [-0.15, -0.1) is 0 Å². The molecular formula is C47H63FN2O5. The maximum atomic E-state index is 14.7. The van der Waals surface area contributed by atoms with Gasteiger partial charge in [0, 0.05) is 18.7 Å². The second-order valence-corrected chi connectivity index (χ2v) is 19.7. The first-order chi connectivity index (χ1) is 25.9. The van der Waals surface area contributed by atoms with Crippen molar-refractivity contribution in [2.45, 2.75) is 125 Å². The van der Waals surface area contributed by atoms with Crippen LogP contribution >= 0.6 is 0 Å². The van der Waals surface area contributed by atoms with E-state index in [1.807, 2.05) is 12.1 Å². The number of amides is 2. The van der Waals surface area contributed by atoms with Crippen LogP contribution in [-0.2, 0) is 17.8 Å². The third-order valence-electron chi connectivity index (χ3n) is 17.1. The molecule has 7 nitrogen and oxygen atoms in total. The Labute approximate surface area is 327 Å². The molecule has 2 aromatic rings. The molecule has 8 heteroatoms. The van der Waals surface area contributed by atoms with E-state index in [2.05, 4.69) is 58.8 Å². The lowest BCUT2D eigenvalue weighted by atomic mass is 9.32. The van der Waals surface area contributed by atoms with Crippen molar-refractivity contribution in [1.29, 1.82) is 0 Å². The highest BCUT2D eigenvalue weighted by Gasteiger charge is 2.71. The summed E-state index contributed by atoms with van der Waals surface area (Å²) in [6.45, 7) is 19.6. The predicted molar refractivity (Wildman–Crippen MR) is 213 cm³/mol. The summed E-state index contributed by atoms with van der Waals surface area (Å²) in [5.74, 6) is 0.183. The van der Waals surface area contributed by atoms with Crippen molar-refractivity contribution in [2.75, 3.05) is 6.54 Å². The van der Waals surface area contributed by atoms with Gasteiger partial charge in [0.25, 0.3) is 5.91 Å². The van der Waals surface area contributed by atoms with Gasteiger partial charge in [-0.3, -0.25) is 9.59 Å². The second-order valence-electron chi connectivity index (χ2n) is 19.7. The number of halogens is 1. The van der Waals surface area contributed by atoms with E-state index in [9.17, 15) is 23.9 Å². The quantitative estimate of drug-likeness (QED) is 0.191. The Hall–Kier alpha value is -3.52. The van der Waals surface area contributed by atoms with Crippen molar-refractivity contribution in [3.63, 3.8) is 0 Å². The third kappa shape index (κ3) is 6.28. The third-order valence-corrected chi connectivity index (χ3v) is 17.1. The van der Waals surface area contributed by atoms with Crippen LogP contribution in [0.4, 0.5) is 4.39 Å². The number of hydrogen-bond acceptors (Lipinski definition) is 4. The first-order valence-electron chi connectivity index (χ1n) is 20.9. The van der Waals surface area contributed by atoms with E-state index in [1.54, 1.807) is 12.1 Å². The molecule has 5 fully saturated rings. The van der Waals surface area contributed by atoms with E-state index in [0.29, 0.717) is 41.3 Å². The van der Waals surface area contributed by atoms with Gasteiger partial charge in [-0.1, -0.05) is 65.0 Å². The minimum Gasteiger partial charge on any atom is -0.478 e. The number of allylic oxidation sites excluding steroid dienone is 1. The molecule has 0 bridgehead atoms. The highest BCUT2D eigenvalue weighted by Crippen LogP contribution is 2.77. The van der Waals surface area contributed by atoms with E-state index in [-0.39, 0.29) is 64.0 Å². The first kappa shape index (κ1) is 39.7. The van der Waals surface area contributed by atoms with Crippen molar-refractivity contribution < 1.29 is 29.0 Å². The van der Waals surface area contributed by atoms with E-state index in [1.165, 1.54) is 30.5 Å². The maximum Gasteiger partial charge on any atom is 0.335 e. The number of aliphatic hydroxyl groups is 1. The van der Waals surface area contributed by atoms with Crippen LogP contribution in [0, 0.1) is 62.5 Å². The lowest BCUT2D eigenvalue weighted by Gasteiger charge is -2.72. The number of benzene rings is 2. The molecule has 5 saturated carbocycles. The molecule has 0 heterocycles. The zero-order valence-corrected chi connectivity index (χ0v) is 33.9. The van der Waals surface area contributed by atoms with E-state index >= 15 is 0 Å². The fraction of sp³-hybridized carbons (Fsp3) is 0.638. The number of aliphatic hydroxyl groups excluding tert-OH is 1. The molecule has 4 unspecified atom stereocenters. The van der Waals surface area contributed by atoms with Gasteiger partial charge in [0.1, 0.15) is 5.82 Å². The van der Waals surface area contributed by atoms with Crippen molar-refractivity contribution in [3.05, 3.63) is 82.7 Å². The molecular weight excluding hydrogens is 692 g/mol. The van der Waals surface area contributed by atoms with Gasteiger partial charge in [0.05, 0.1) is 17.1 Å². The number of aromatic carboxylic acids is 1. The minimum atomic E-state index is -1.19. The maximum absolute atomic E-state index is 14.7. The summed E-state index contributed by atoms with van der Waals surface area (Å²) in [7, 11) is 0. The van der Waals surface area contributed by atoms with Gasteiger partial charge < -0.3 is 20.8 Å². The Balaban J connectivity index is 1.05. The number of fused-ring (bicyclic) bond motifs is 7. The SMILES string of the molecule is C=C(C)[C@@H]1CC[C@]2(C(=O)NCc3cccc(C(=O)NCCc4ccc(C(=O)O)cc4F)c3)CC[C@]3(C)C(CCC4[C@@]5(C)CC[C@H](O)C(C)(C)C5CC[C@]43C)C12. The van der Waals surface area contributed by atoms with Gasteiger partial charge in [0.2, 0.25) is 5.91 Å². The largest absolute Gasteiger partial charge is 0.478 e. The molecule has 10 atom stereocenters. The Bertz CT molecular complexity index is 1870. The Morgan fingerprint density at radius 1 is 0.836 bits per heavy atom. The van der Waals surface area contributed by atoms with Gasteiger partial charge in [-0.25, -0.2) is 9.18 Å². The van der Waals surface area contributed by atoms with Crippen LogP contribution in [0.15, 0.2) is 54.6 Å². The lowest BCUT2D eigenvalue weighted by Crippen LogP contribution is -2.67. The summed E-state index contributed by atoms with van der Waals surface area (Å²) in [6, 6.07) is 11.1. The molecule has 55 heavy (non-hydrogen) atoms. The molecule has 0 saturated heterocycles. The van der Waals surface area contributed by atoms with Gasteiger partial charge >= 0.3 is 5.97 Å². The molecule has 0 aliphatic heterocycles. The number of rotatable bonds is 9. The fourth-order valence-electron chi connectivity index (χ4n) is 14.0. The highest BCUT2D eigenvalue weighted by molar-refractivity contribution is 5.94. The number of nitrogens with one attached hydrogen (secondary N) is 2. The molecule has 2 amide bonds. The summed E-state index contributed by atoms with van der Waals surface area (Å²) in [4.78, 5) is 38.9. The predicted octanol–water partition coefficient (Wildman–Crippen LogP) is 9.13. The molecule has 4 N–H and O–H groups in total. The summed E-state index contributed by atoms with van der Waals surface area (Å²) in [6.07, 6.45) is 10.5. The number of carbonyl (C=O) groups is 3. The first-order valence-corrected chi connectivity index (χ1v) is 20.9. The van der Waals surface area contributed by atoms with Crippen LogP contribution in [0.2, 0.25) is 0 Å². The molecule has 5 aliphatic rings. The zero-order chi connectivity index (χ0) is 39.7. The molecule has 5 aliphatic carbocycles. The fourth-order valence-corrected chi connectivity index (χ4v) is 14.0. The summed E-state index contributed by atoms with van der Waals surface area (Å²) < 4.78 is 14.4. The van der Waals surface area contributed by atoms with Gasteiger partial charge in [-0.05, 0) is 164 Å². The zero-order valence-electron chi connectivity index (χ0n) is 33.9. The number of carboxylic acids is 1. The molecule has 298 valence electrons. The smallest absolute Gasteiger partial charge is 0.335 e. The Kier molecular flexibility index (Phi) is 10.2. The highest BCUT2D eigenvalue weighted by atomic mass is 19.1. The van der Waals surface area contributed by atoms with Gasteiger partial charge in [-0.2, -0.15) is 0 Å². The number of carboxylic acid groups (broad SMARTS) is 1. The van der Waals surface area contributed by atoms with Gasteiger partial charge in [0.15, 0.2) is 0 Å². The topological polar surface area (TPSA) is 116 Å². The summed E-state index contributed by atoms with van der Waals surface area (Å²) >= 11 is 0. The van der Waals surface area contributed by atoms with E-state index < -0.39 is 17.2 Å². The normalized spacial score (nSPS) is 37.4. The summed E-state index contributed by atoms with van der Waals surface area (Å²) in [5, 5.41) is 26.4. The van der Waals surface area contributed by atoms with Crippen LogP contribution in [0.5, 0.6) is 0 Å².